The van der Waals surface area contributed by atoms with Gasteiger partial charge in [-0.05, 0) is 134 Å². The number of furan rings is 1. The molecule has 0 spiro atoms. The highest BCUT2D eigenvalue weighted by atomic mass is 16.3. The molecular weight excluding hydrogens is 703 g/mol. The molecule has 0 radical (unpaired) electrons. The molecular formula is C56H39NO. The Labute approximate surface area is 338 Å². The Morgan fingerprint density at radius 3 is 1.95 bits per heavy atom. The first-order valence-electron chi connectivity index (χ1n) is 20.1. The molecule has 2 heteroatoms. The Morgan fingerprint density at radius 1 is 0.414 bits per heavy atom. The number of rotatable bonds is 7. The molecule has 1 heterocycles. The molecule has 0 atom stereocenters. The van der Waals surface area contributed by atoms with Crippen LogP contribution in [0.3, 0.4) is 0 Å². The highest BCUT2D eigenvalue weighted by molar-refractivity contribution is 6.19. The predicted molar refractivity (Wildman–Crippen MR) is 246 cm³/mol. The number of hydrogen-bond acceptors (Lipinski definition) is 2. The minimum absolute atomic E-state index is 0.918. The largest absolute Gasteiger partial charge is 0.456 e. The molecule has 0 bridgehead atoms. The van der Waals surface area contributed by atoms with Crippen molar-refractivity contribution in [3.05, 3.63) is 218 Å². The molecule has 9 aromatic carbocycles. The van der Waals surface area contributed by atoms with Crippen LogP contribution in [0, 0.1) is 0 Å². The summed E-state index contributed by atoms with van der Waals surface area (Å²) in [7, 11) is 0. The van der Waals surface area contributed by atoms with E-state index in [0.717, 1.165) is 46.5 Å². The van der Waals surface area contributed by atoms with Gasteiger partial charge < -0.3 is 9.32 Å². The Bertz CT molecular complexity index is 3220. The third kappa shape index (κ3) is 6.07. The highest BCUT2D eigenvalue weighted by Crippen LogP contribution is 2.44. The summed E-state index contributed by atoms with van der Waals surface area (Å²) in [5.74, 6) is 0. The molecule has 1 aromatic heterocycles. The molecule has 274 valence electrons. The fourth-order valence-corrected chi connectivity index (χ4v) is 8.77. The molecule has 1 aliphatic carbocycles. The topological polar surface area (TPSA) is 16.4 Å². The van der Waals surface area contributed by atoms with Gasteiger partial charge in [0.25, 0.3) is 0 Å². The Hall–Kier alpha value is -7.42. The minimum Gasteiger partial charge on any atom is -0.456 e. The van der Waals surface area contributed by atoms with Crippen molar-refractivity contribution in [2.24, 2.45) is 0 Å². The molecule has 10 aromatic rings. The number of hydrogen-bond donors (Lipinski definition) is 0. The van der Waals surface area contributed by atoms with Gasteiger partial charge in [-0.2, -0.15) is 0 Å². The van der Waals surface area contributed by atoms with Crippen molar-refractivity contribution in [2.75, 3.05) is 4.90 Å². The molecule has 2 nitrogen and oxygen atoms in total. The van der Waals surface area contributed by atoms with E-state index in [-0.39, 0.29) is 0 Å². The SMILES string of the molecule is C1=CCCC(c2cc(-c3ccc4ccc5oc6ccccc6c5c4c3)ccc2N(c2ccc(-c3ccc4ccccc4c3)cc2)c2cccc(-c3ccccc3)c2)=C1. The zero-order valence-electron chi connectivity index (χ0n) is 32.0. The van der Waals surface area contributed by atoms with Gasteiger partial charge in [-0.3, -0.25) is 0 Å². The molecule has 0 saturated carbocycles. The van der Waals surface area contributed by atoms with Crippen molar-refractivity contribution in [1.29, 1.82) is 0 Å². The second kappa shape index (κ2) is 14.3. The average molecular weight is 742 g/mol. The van der Waals surface area contributed by atoms with Crippen LogP contribution in [0.1, 0.15) is 18.4 Å². The number of anilines is 3. The van der Waals surface area contributed by atoms with Gasteiger partial charge in [0.2, 0.25) is 0 Å². The van der Waals surface area contributed by atoms with Crippen LogP contribution in [-0.2, 0) is 0 Å². The summed E-state index contributed by atoms with van der Waals surface area (Å²) in [6.45, 7) is 0. The second-order valence-electron chi connectivity index (χ2n) is 15.2. The summed E-state index contributed by atoms with van der Waals surface area (Å²) in [4.78, 5) is 2.44. The lowest BCUT2D eigenvalue weighted by Gasteiger charge is -2.30. The monoisotopic (exact) mass is 741 g/mol. The average Bonchev–Trinajstić information content (AvgIpc) is 3.69. The van der Waals surface area contributed by atoms with Crippen LogP contribution in [0.5, 0.6) is 0 Å². The van der Waals surface area contributed by atoms with E-state index in [1.165, 1.54) is 71.4 Å². The zero-order valence-corrected chi connectivity index (χ0v) is 32.0. The van der Waals surface area contributed by atoms with E-state index in [9.17, 15) is 0 Å². The number of nitrogens with zero attached hydrogens (tertiary/aromatic N) is 1. The van der Waals surface area contributed by atoms with Gasteiger partial charge >= 0.3 is 0 Å². The van der Waals surface area contributed by atoms with Crippen molar-refractivity contribution in [1.82, 2.24) is 0 Å². The molecule has 0 aliphatic heterocycles. The number of benzene rings is 9. The second-order valence-corrected chi connectivity index (χ2v) is 15.2. The molecule has 0 fully saturated rings. The lowest BCUT2D eigenvalue weighted by molar-refractivity contribution is 0.669. The molecule has 0 saturated heterocycles. The van der Waals surface area contributed by atoms with Crippen molar-refractivity contribution >= 4 is 66.1 Å². The van der Waals surface area contributed by atoms with Crippen LogP contribution in [0.25, 0.3) is 82.4 Å². The maximum Gasteiger partial charge on any atom is 0.136 e. The first-order chi connectivity index (χ1) is 28.7. The predicted octanol–water partition coefficient (Wildman–Crippen LogP) is 16.1. The van der Waals surface area contributed by atoms with Crippen LogP contribution in [0.15, 0.2) is 217 Å². The van der Waals surface area contributed by atoms with Gasteiger partial charge in [0.05, 0.1) is 5.69 Å². The first-order valence-corrected chi connectivity index (χ1v) is 20.1. The first kappa shape index (κ1) is 33.9. The van der Waals surface area contributed by atoms with E-state index >= 15 is 0 Å². The van der Waals surface area contributed by atoms with E-state index in [0.29, 0.717) is 0 Å². The molecule has 0 amide bonds. The van der Waals surface area contributed by atoms with Crippen molar-refractivity contribution < 1.29 is 4.42 Å². The minimum atomic E-state index is 0.918. The van der Waals surface area contributed by atoms with Crippen LogP contribution < -0.4 is 4.90 Å². The lowest BCUT2D eigenvalue weighted by atomic mass is 9.91. The summed E-state index contributed by atoms with van der Waals surface area (Å²) in [6.07, 6.45) is 8.77. The standard InChI is InChI=1S/C56H39NO/c1-3-12-38(13-4-1)44-18-11-19-49(35-44)57(48-30-26-40(27-31-48)45-24-22-39-14-7-8-17-43(39)34-45)53-32-28-47(36-51(53)41-15-5-2-6-16-41)46-25-23-42-29-33-55-56(52(42)37-46)50-20-9-10-21-54(50)58-55/h1-5,7-15,17-37H,6,16H2. The Kier molecular flexibility index (Phi) is 8.33. The van der Waals surface area contributed by atoms with Crippen molar-refractivity contribution in [3.8, 4) is 33.4 Å². The molecule has 11 rings (SSSR count). The van der Waals surface area contributed by atoms with Crippen LogP contribution >= 0.6 is 0 Å². The Morgan fingerprint density at radius 2 is 1.09 bits per heavy atom. The highest BCUT2D eigenvalue weighted by Gasteiger charge is 2.21. The van der Waals surface area contributed by atoms with E-state index in [2.05, 4.69) is 211 Å². The van der Waals surface area contributed by atoms with Crippen molar-refractivity contribution in [2.45, 2.75) is 12.8 Å². The third-order valence-electron chi connectivity index (χ3n) is 11.7. The normalized spacial score (nSPS) is 12.7. The van der Waals surface area contributed by atoms with Crippen molar-refractivity contribution in [3.63, 3.8) is 0 Å². The maximum atomic E-state index is 6.30. The lowest BCUT2D eigenvalue weighted by Crippen LogP contribution is -2.12. The number of para-hydroxylation sites is 1. The van der Waals surface area contributed by atoms with Gasteiger partial charge in [0, 0.05) is 27.7 Å². The van der Waals surface area contributed by atoms with Gasteiger partial charge in [-0.25, -0.2) is 0 Å². The maximum absolute atomic E-state index is 6.30. The van der Waals surface area contributed by atoms with Crippen LogP contribution in [0.2, 0.25) is 0 Å². The zero-order chi connectivity index (χ0) is 38.4. The quantitative estimate of drug-likeness (QED) is 0.162. The summed E-state index contributed by atoms with van der Waals surface area (Å²) in [5.41, 5.74) is 14.9. The van der Waals surface area contributed by atoms with E-state index in [1.807, 2.05) is 6.07 Å². The van der Waals surface area contributed by atoms with Gasteiger partial charge in [-0.15, -0.1) is 0 Å². The number of fused-ring (bicyclic) bond motifs is 6. The van der Waals surface area contributed by atoms with Crippen LogP contribution in [-0.4, -0.2) is 0 Å². The summed E-state index contributed by atoms with van der Waals surface area (Å²) < 4.78 is 6.30. The van der Waals surface area contributed by atoms with Crippen LogP contribution in [0.4, 0.5) is 17.1 Å². The van der Waals surface area contributed by atoms with E-state index < -0.39 is 0 Å². The Balaban J connectivity index is 1.08. The fourth-order valence-electron chi connectivity index (χ4n) is 8.77. The fraction of sp³-hybridized carbons (Fsp3) is 0.0357. The van der Waals surface area contributed by atoms with E-state index in [4.69, 9.17) is 4.42 Å². The molecule has 0 N–H and O–H groups in total. The van der Waals surface area contributed by atoms with Gasteiger partial charge in [-0.1, -0.05) is 152 Å². The number of allylic oxidation sites excluding steroid dienone is 4. The summed E-state index contributed by atoms with van der Waals surface area (Å²) in [5, 5.41) is 7.23. The molecule has 58 heavy (non-hydrogen) atoms. The van der Waals surface area contributed by atoms with E-state index in [1.54, 1.807) is 0 Å². The molecule has 1 aliphatic rings. The third-order valence-corrected chi connectivity index (χ3v) is 11.7. The summed E-state index contributed by atoms with van der Waals surface area (Å²) >= 11 is 0. The molecule has 0 unspecified atom stereocenters. The van der Waals surface area contributed by atoms with Gasteiger partial charge in [0.15, 0.2) is 0 Å². The van der Waals surface area contributed by atoms with Gasteiger partial charge in [0.1, 0.15) is 11.2 Å². The smallest absolute Gasteiger partial charge is 0.136 e. The summed E-state index contributed by atoms with van der Waals surface area (Å²) in [6, 6.07) is 70.5.